The summed E-state index contributed by atoms with van der Waals surface area (Å²) in [5, 5.41) is 13.2. The summed E-state index contributed by atoms with van der Waals surface area (Å²) in [6, 6.07) is 7.53. The van der Waals surface area contributed by atoms with Crippen molar-refractivity contribution in [1.29, 1.82) is 0 Å². The second kappa shape index (κ2) is 5.24. The number of hydrogen-bond acceptors (Lipinski definition) is 2. The largest absolute Gasteiger partial charge is 0.481 e. The van der Waals surface area contributed by atoms with E-state index in [1.54, 1.807) is 0 Å². The van der Waals surface area contributed by atoms with E-state index in [9.17, 15) is 14.7 Å². The molecule has 0 saturated heterocycles. The van der Waals surface area contributed by atoms with Gasteiger partial charge in [-0.3, -0.25) is 9.59 Å². The Bertz CT molecular complexity index is 684. The first kappa shape index (κ1) is 13.7. The summed E-state index contributed by atoms with van der Waals surface area (Å²) in [6.07, 6.45) is 4.84. The molecule has 5 heteroatoms. The second-order valence-corrected chi connectivity index (χ2v) is 5.80. The Hall–Kier alpha value is -2.30. The van der Waals surface area contributed by atoms with Gasteiger partial charge in [0.05, 0.1) is 5.41 Å². The molecule has 0 unspecified atom stereocenters. The topological polar surface area (TPSA) is 82.2 Å². The Morgan fingerprint density at radius 1 is 1.24 bits per heavy atom. The van der Waals surface area contributed by atoms with E-state index in [4.69, 9.17) is 0 Å². The SMILES string of the molecule is O=C(CC1(C(=O)O)CCCC1)Nc1ccc2[nH]ccc2c1. The number of aliphatic carboxylic acids is 1. The Kier molecular flexibility index (Phi) is 3.41. The van der Waals surface area contributed by atoms with Gasteiger partial charge in [-0.25, -0.2) is 0 Å². The fourth-order valence-corrected chi connectivity index (χ4v) is 3.16. The third kappa shape index (κ3) is 2.63. The first-order valence-electron chi connectivity index (χ1n) is 7.19. The second-order valence-electron chi connectivity index (χ2n) is 5.80. The number of H-pyrrole nitrogens is 1. The summed E-state index contributed by atoms with van der Waals surface area (Å²) in [5.74, 6) is -1.08. The third-order valence-electron chi connectivity index (χ3n) is 4.35. The molecule has 0 aliphatic heterocycles. The summed E-state index contributed by atoms with van der Waals surface area (Å²) < 4.78 is 0. The third-order valence-corrected chi connectivity index (χ3v) is 4.35. The van der Waals surface area contributed by atoms with Crippen molar-refractivity contribution < 1.29 is 14.7 Å². The summed E-state index contributed by atoms with van der Waals surface area (Å²) in [5.41, 5.74) is 0.832. The molecule has 5 nitrogen and oxygen atoms in total. The summed E-state index contributed by atoms with van der Waals surface area (Å²) in [6.45, 7) is 0. The minimum atomic E-state index is -0.873. The normalized spacial score (nSPS) is 17.0. The quantitative estimate of drug-likeness (QED) is 0.807. The molecule has 1 saturated carbocycles. The van der Waals surface area contributed by atoms with Crippen LogP contribution in [-0.4, -0.2) is 22.0 Å². The van der Waals surface area contributed by atoms with E-state index in [2.05, 4.69) is 10.3 Å². The molecule has 21 heavy (non-hydrogen) atoms. The van der Waals surface area contributed by atoms with Crippen LogP contribution in [0.1, 0.15) is 32.1 Å². The van der Waals surface area contributed by atoms with Crippen LogP contribution in [0.15, 0.2) is 30.5 Å². The fraction of sp³-hybridized carbons (Fsp3) is 0.375. The molecule has 1 aromatic heterocycles. The van der Waals surface area contributed by atoms with Crippen LogP contribution < -0.4 is 5.32 Å². The Morgan fingerprint density at radius 3 is 2.71 bits per heavy atom. The molecule has 2 aromatic rings. The van der Waals surface area contributed by atoms with Crippen molar-refractivity contribution >= 4 is 28.5 Å². The molecule has 1 aliphatic carbocycles. The van der Waals surface area contributed by atoms with Gasteiger partial charge in [0.2, 0.25) is 5.91 Å². The van der Waals surface area contributed by atoms with Crippen molar-refractivity contribution in [3.63, 3.8) is 0 Å². The number of carbonyl (C=O) groups excluding carboxylic acids is 1. The molecule has 0 atom stereocenters. The van der Waals surface area contributed by atoms with Crippen LogP contribution >= 0.6 is 0 Å². The zero-order valence-corrected chi connectivity index (χ0v) is 11.7. The summed E-state index contributed by atoms with van der Waals surface area (Å²) >= 11 is 0. The smallest absolute Gasteiger partial charge is 0.310 e. The van der Waals surface area contributed by atoms with Gasteiger partial charge in [-0.2, -0.15) is 0 Å². The van der Waals surface area contributed by atoms with E-state index in [-0.39, 0.29) is 12.3 Å². The lowest BCUT2D eigenvalue weighted by Gasteiger charge is -2.22. The van der Waals surface area contributed by atoms with Crippen molar-refractivity contribution in [2.24, 2.45) is 5.41 Å². The van der Waals surface area contributed by atoms with Gasteiger partial charge in [0.25, 0.3) is 0 Å². The van der Waals surface area contributed by atoms with Crippen LogP contribution in [0.25, 0.3) is 10.9 Å². The highest BCUT2D eigenvalue weighted by Gasteiger charge is 2.42. The van der Waals surface area contributed by atoms with Crippen LogP contribution in [0.4, 0.5) is 5.69 Å². The predicted molar refractivity (Wildman–Crippen MR) is 80.1 cm³/mol. The molecule has 1 amide bonds. The maximum absolute atomic E-state index is 12.2. The number of amides is 1. The molecular formula is C16H18N2O3. The highest BCUT2D eigenvalue weighted by Crippen LogP contribution is 2.41. The first-order chi connectivity index (χ1) is 10.1. The van der Waals surface area contributed by atoms with Crippen molar-refractivity contribution in [2.45, 2.75) is 32.1 Å². The van der Waals surface area contributed by atoms with Gasteiger partial charge >= 0.3 is 5.97 Å². The van der Waals surface area contributed by atoms with Gasteiger partial charge < -0.3 is 15.4 Å². The van der Waals surface area contributed by atoms with E-state index < -0.39 is 11.4 Å². The zero-order valence-electron chi connectivity index (χ0n) is 11.7. The Labute approximate surface area is 122 Å². The molecule has 1 heterocycles. The molecule has 3 N–H and O–H groups in total. The molecule has 3 rings (SSSR count). The summed E-state index contributed by atoms with van der Waals surface area (Å²) in [7, 11) is 0. The zero-order chi connectivity index (χ0) is 14.9. The van der Waals surface area contributed by atoms with Gasteiger partial charge in [-0.15, -0.1) is 0 Å². The van der Waals surface area contributed by atoms with Crippen LogP contribution in [0.2, 0.25) is 0 Å². The average molecular weight is 286 g/mol. The van der Waals surface area contributed by atoms with Crippen LogP contribution in [0.5, 0.6) is 0 Å². The minimum Gasteiger partial charge on any atom is -0.481 e. The van der Waals surface area contributed by atoms with Gasteiger partial charge in [-0.1, -0.05) is 12.8 Å². The van der Waals surface area contributed by atoms with E-state index in [1.807, 2.05) is 30.5 Å². The van der Waals surface area contributed by atoms with Crippen LogP contribution in [-0.2, 0) is 9.59 Å². The first-order valence-corrected chi connectivity index (χ1v) is 7.19. The molecule has 0 bridgehead atoms. The van der Waals surface area contributed by atoms with E-state index >= 15 is 0 Å². The number of carboxylic acids is 1. The maximum atomic E-state index is 12.2. The van der Waals surface area contributed by atoms with Crippen molar-refractivity contribution in [3.8, 4) is 0 Å². The van der Waals surface area contributed by atoms with Crippen LogP contribution in [0, 0.1) is 5.41 Å². The molecule has 110 valence electrons. The van der Waals surface area contributed by atoms with Gasteiger partial charge in [0.15, 0.2) is 0 Å². The number of aromatic amines is 1. The Morgan fingerprint density at radius 2 is 2.00 bits per heavy atom. The van der Waals surface area contributed by atoms with Crippen molar-refractivity contribution in [3.05, 3.63) is 30.5 Å². The molecule has 0 radical (unpaired) electrons. The van der Waals surface area contributed by atoms with E-state index in [1.165, 1.54) is 0 Å². The number of fused-ring (bicyclic) bond motifs is 1. The highest BCUT2D eigenvalue weighted by molar-refractivity contribution is 5.96. The van der Waals surface area contributed by atoms with Crippen molar-refractivity contribution in [1.82, 2.24) is 4.98 Å². The lowest BCUT2D eigenvalue weighted by molar-refractivity contribution is -0.150. The highest BCUT2D eigenvalue weighted by atomic mass is 16.4. The minimum absolute atomic E-state index is 0.0491. The maximum Gasteiger partial charge on any atom is 0.310 e. The van der Waals surface area contributed by atoms with Gasteiger partial charge in [0, 0.05) is 29.2 Å². The molecule has 1 aliphatic rings. The predicted octanol–water partition coefficient (Wildman–Crippen LogP) is 3.14. The van der Waals surface area contributed by atoms with Crippen LogP contribution in [0.3, 0.4) is 0 Å². The van der Waals surface area contributed by atoms with E-state index in [0.29, 0.717) is 18.5 Å². The van der Waals surface area contributed by atoms with Gasteiger partial charge in [0.1, 0.15) is 0 Å². The molecule has 1 fully saturated rings. The van der Waals surface area contributed by atoms with Crippen molar-refractivity contribution in [2.75, 3.05) is 5.32 Å². The number of aromatic nitrogens is 1. The number of anilines is 1. The average Bonchev–Trinajstić information content (AvgIpc) is 3.07. The fourth-order valence-electron chi connectivity index (χ4n) is 3.16. The number of nitrogens with one attached hydrogen (secondary N) is 2. The number of carboxylic acid groups (broad SMARTS) is 1. The lowest BCUT2D eigenvalue weighted by Crippen LogP contribution is -2.32. The number of hydrogen-bond donors (Lipinski definition) is 3. The molecular weight excluding hydrogens is 268 g/mol. The number of benzene rings is 1. The number of rotatable bonds is 4. The van der Waals surface area contributed by atoms with E-state index in [0.717, 1.165) is 23.7 Å². The summed E-state index contributed by atoms with van der Waals surface area (Å²) in [4.78, 5) is 26.7. The Balaban J connectivity index is 1.72. The lowest BCUT2D eigenvalue weighted by atomic mass is 9.82. The molecule has 0 spiro atoms. The monoisotopic (exact) mass is 286 g/mol. The molecule has 1 aromatic carbocycles. The standard InChI is InChI=1S/C16H18N2O3/c19-14(10-16(15(20)21)6-1-2-7-16)18-12-3-4-13-11(9-12)5-8-17-13/h3-5,8-9,17H,1-2,6-7,10H2,(H,18,19)(H,20,21). The van der Waals surface area contributed by atoms with Gasteiger partial charge in [-0.05, 0) is 37.1 Å². The number of carbonyl (C=O) groups is 2.